The van der Waals surface area contributed by atoms with E-state index in [4.69, 9.17) is 9.47 Å². The van der Waals surface area contributed by atoms with Gasteiger partial charge in [0.1, 0.15) is 0 Å². The molecule has 0 aliphatic heterocycles. The summed E-state index contributed by atoms with van der Waals surface area (Å²) in [6.45, 7) is 6.51. The van der Waals surface area contributed by atoms with Crippen molar-refractivity contribution in [3.63, 3.8) is 0 Å². The number of carbonyl (C=O) groups excluding carboxylic acids is 1. The Morgan fingerprint density at radius 2 is 2.00 bits per heavy atom. The van der Waals surface area contributed by atoms with Crippen LogP contribution in [0.15, 0.2) is 30.3 Å². The predicted octanol–water partition coefficient (Wildman–Crippen LogP) is 4.57. The lowest BCUT2D eigenvalue weighted by atomic mass is 10.1. The molecule has 0 unspecified atom stereocenters. The van der Waals surface area contributed by atoms with E-state index in [0.717, 1.165) is 15.8 Å². The van der Waals surface area contributed by atoms with Crippen LogP contribution in [0.1, 0.15) is 28.4 Å². The molecule has 1 aromatic heterocycles. The highest BCUT2D eigenvalue weighted by Gasteiger charge is 2.14. The number of anilines is 1. The maximum atomic E-state index is 12.5. The van der Waals surface area contributed by atoms with E-state index in [1.54, 1.807) is 25.3 Å². The number of amides is 1. The van der Waals surface area contributed by atoms with Crippen LogP contribution in [0.25, 0.3) is 10.2 Å². The van der Waals surface area contributed by atoms with E-state index < -0.39 is 0 Å². The van der Waals surface area contributed by atoms with Gasteiger partial charge in [0.15, 0.2) is 16.6 Å². The molecule has 3 aromatic rings. The van der Waals surface area contributed by atoms with Crippen LogP contribution in [0.3, 0.4) is 0 Å². The van der Waals surface area contributed by atoms with E-state index in [9.17, 15) is 4.79 Å². The maximum absolute atomic E-state index is 12.5. The molecule has 0 fully saturated rings. The molecule has 0 radical (unpaired) electrons. The number of aromatic nitrogens is 1. The summed E-state index contributed by atoms with van der Waals surface area (Å²) in [5.74, 6) is 0.924. The highest BCUT2D eigenvalue weighted by Crippen LogP contribution is 2.31. The van der Waals surface area contributed by atoms with Crippen molar-refractivity contribution in [2.75, 3.05) is 19.0 Å². The molecule has 130 valence electrons. The Morgan fingerprint density at radius 3 is 2.72 bits per heavy atom. The first-order valence-electron chi connectivity index (χ1n) is 8.01. The van der Waals surface area contributed by atoms with Crippen molar-refractivity contribution in [2.45, 2.75) is 20.8 Å². The lowest BCUT2D eigenvalue weighted by Gasteiger charge is -2.10. The van der Waals surface area contributed by atoms with Crippen LogP contribution in [0.2, 0.25) is 0 Å². The summed E-state index contributed by atoms with van der Waals surface area (Å²) in [5, 5.41) is 3.45. The lowest BCUT2D eigenvalue weighted by Crippen LogP contribution is -2.12. The summed E-state index contributed by atoms with van der Waals surface area (Å²) in [6, 6.07) is 9.29. The fourth-order valence-corrected chi connectivity index (χ4v) is 3.71. The lowest BCUT2D eigenvalue weighted by molar-refractivity contribution is 0.102. The van der Waals surface area contributed by atoms with E-state index in [-0.39, 0.29) is 5.91 Å². The summed E-state index contributed by atoms with van der Waals surface area (Å²) >= 11 is 1.47. The second-order valence-corrected chi connectivity index (χ2v) is 6.73. The molecule has 1 N–H and O–H groups in total. The molecule has 25 heavy (non-hydrogen) atoms. The SMILES string of the molecule is CCOc1ccc(C(=O)Nc2nc3c(C)cc(C)cc3s2)cc1OC. The van der Waals surface area contributed by atoms with Gasteiger partial charge in [-0.05, 0) is 56.2 Å². The van der Waals surface area contributed by atoms with Gasteiger partial charge >= 0.3 is 0 Å². The summed E-state index contributed by atoms with van der Waals surface area (Å²) in [5.41, 5.74) is 3.71. The second kappa shape index (κ2) is 7.11. The van der Waals surface area contributed by atoms with Gasteiger partial charge in [-0.25, -0.2) is 4.98 Å². The monoisotopic (exact) mass is 356 g/mol. The number of methoxy groups -OCH3 is 1. The number of nitrogens with zero attached hydrogens (tertiary/aromatic N) is 1. The van der Waals surface area contributed by atoms with Crippen molar-refractivity contribution in [3.05, 3.63) is 47.0 Å². The number of benzene rings is 2. The fourth-order valence-electron chi connectivity index (χ4n) is 2.68. The minimum absolute atomic E-state index is 0.227. The number of hydrogen-bond donors (Lipinski definition) is 1. The van der Waals surface area contributed by atoms with Crippen LogP contribution in [0.4, 0.5) is 5.13 Å². The van der Waals surface area contributed by atoms with Gasteiger partial charge in [0.05, 0.1) is 23.9 Å². The van der Waals surface area contributed by atoms with Gasteiger partial charge in [-0.15, -0.1) is 0 Å². The summed E-state index contributed by atoms with van der Waals surface area (Å²) in [7, 11) is 1.55. The molecular formula is C19H20N2O3S. The highest BCUT2D eigenvalue weighted by atomic mass is 32.1. The van der Waals surface area contributed by atoms with Crippen LogP contribution in [0.5, 0.6) is 11.5 Å². The number of hydrogen-bond acceptors (Lipinski definition) is 5. The number of thiazole rings is 1. The number of nitrogens with one attached hydrogen (secondary N) is 1. The Bertz CT molecular complexity index is 934. The van der Waals surface area contributed by atoms with E-state index in [1.807, 2.05) is 13.8 Å². The molecule has 0 spiro atoms. The van der Waals surface area contributed by atoms with Gasteiger partial charge in [-0.3, -0.25) is 10.1 Å². The molecule has 5 nitrogen and oxygen atoms in total. The molecule has 0 aliphatic rings. The zero-order chi connectivity index (χ0) is 18.0. The van der Waals surface area contributed by atoms with Crippen molar-refractivity contribution in [1.29, 1.82) is 0 Å². The van der Waals surface area contributed by atoms with Crippen molar-refractivity contribution in [3.8, 4) is 11.5 Å². The molecule has 0 aliphatic carbocycles. The van der Waals surface area contributed by atoms with Crippen molar-refractivity contribution >= 4 is 32.6 Å². The smallest absolute Gasteiger partial charge is 0.257 e. The second-order valence-electron chi connectivity index (χ2n) is 5.70. The van der Waals surface area contributed by atoms with Crippen molar-refractivity contribution < 1.29 is 14.3 Å². The van der Waals surface area contributed by atoms with Crippen LogP contribution in [-0.4, -0.2) is 24.6 Å². The molecule has 0 bridgehead atoms. The number of fused-ring (bicyclic) bond motifs is 1. The number of aryl methyl sites for hydroxylation is 2. The van der Waals surface area contributed by atoms with E-state index in [2.05, 4.69) is 29.4 Å². The van der Waals surface area contributed by atoms with Crippen LogP contribution in [0, 0.1) is 13.8 Å². The quantitative estimate of drug-likeness (QED) is 0.727. The summed E-state index contributed by atoms with van der Waals surface area (Å²) in [4.78, 5) is 17.1. The molecule has 0 atom stereocenters. The first kappa shape index (κ1) is 17.2. The largest absolute Gasteiger partial charge is 0.493 e. The first-order chi connectivity index (χ1) is 12.0. The zero-order valence-electron chi connectivity index (χ0n) is 14.7. The zero-order valence-corrected chi connectivity index (χ0v) is 15.5. The average molecular weight is 356 g/mol. The van der Waals surface area contributed by atoms with Crippen molar-refractivity contribution in [1.82, 2.24) is 4.98 Å². The average Bonchev–Trinajstić information content (AvgIpc) is 2.98. The Kier molecular flexibility index (Phi) is 4.90. The first-order valence-corrected chi connectivity index (χ1v) is 8.83. The minimum Gasteiger partial charge on any atom is -0.493 e. The fraction of sp³-hybridized carbons (Fsp3) is 0.263. The van der Waals surface area contributed by atoms with Crippen LogP contribution in [-0.2, 0) is 0 Å². The Morgan fingerprint density at radius 1 is 1.20 bits per heavy atom. The van der Waals surface area contributed by atoms with Gasteiger partial charge in [0.25, 0.3) is 5.91 Å². The third kappa shape index (κ3) is 3.58. The summed E-state index contributed by atoms with van der Waals surface area (Å²) in [6.07, 6.45) is 0. The van der Waals surface area contributed by atoms with E-state index in [0.29, 0.717) is 28.8 Å². The minimum atomic E-state index is -0.227. The molecule has 6 heteroatoms. The standard InChI is InChI=1S/C19H20N2O3S/c1-5-24-14-7-6-13(10-15(14)23-4)18(22)21-19-20-17-12(3)8-11(2)9-16(17)25-19/h6-10H,5H2,1-4H3,(H,20,21,22). The number of rotatable bonds is 5. The van der Waals surface area contributed by atoms with Gasteiger partial charge in [-0.1, -0.05) is 17.4 Å². The Labute approximate surface area is 150 Å². The molecular weight excluding hydrogens is 336 g/mol. The Hall–Kier alpha value is -2.60. The van der Waals surface area contributed by atoms with Gasteiger partial charge < -0.3 is 9.47 Å². The molecule has 3 rings (SSSR count). The molecule has 0 saturated heterocycles. The molecule has 0 saturated carbocycles. The number of carbonyl (C=O) groups is 1. The number of ether oxygens (including phenoxy) is 2. The topological polar surface area (TPSA) is 60.5 Å². The van der Waals surface area contributed by atoms with Gasteiger partial charge in [0.2, 0.25) is 0 Å². The third-order valence-electron chi connectivity index (χ3n) is 3.78. The third-order valence-corrected chi connectivity index (χ3v) is 4.69. The highest BCUT2D eigenvalue weighted by molar-refractivity contribution is 7.22. The van der Waals surface area contributed by atoms with E-state index >= 15 is 0 Å². The van der Waals surface area contributed by atoms with Gasteiger partial charge in [-0.2, -0.15) is 0 Å². The predicted molar refractivity (Wildman–Crippen MR) is 101 cm³/mol. The van der Waals surface area contributed by atoms with E-state index in [1.165, 1.54) is 16.9 Å². The molecule has 1 heterocycles. The normalized spacial score (nSPS) is 10.7. The van der Waals surface area contributed by atoms with Crippen LogP contribution < -0.4 is 14.8 Å². The van der Waals surface area contributed by atoms with Crippen LogP contribution >= 0.6 is 11.3 Å². The maximum Gasteiger partial charge on any atom is 0.257 e. The van der Waals surface area contributed by atoms with Crippen molar-refractivity contribution in [2.24, 2.45) is 0 Å². The Balaban J connectivity index is 1.86. The molecule has 2 aromatic carbocycles. The summed E-state index contributed by atoms with van der Waals surface area (Å²) < 4.78 is 11.8. The van der Waals surface area contributed by atoms with Gasteiger partial charge in [0, 0.05) is 5.56 Å². The molecule has 1 amide bonds.